The van der Waals surface area contributed by atoms with Gasteiger partial charge in [0.25, 0.3) is 0 Å². The largest absolute Gasteiger partial charge is 0.464 e. The third-order valence-electron chi connectivity index (χ3n) is 4.54. The van der Waals surface area contributed by atoms with E-state index in [0.717, 1.165) is 37.9 Å². The van der Waals surface area contributed by atoms with Gasteiger partial charge in [0, 0.05) is 12.3 Å². The number of carbonyl (C=O) groups excluding carboxylic acids is 1. The number of fused-ring (bicyclic) bond motifs is 1. The van der Waals surface area contributed by atoms with Gasteiger partial charge in [0.15, 0.2) is 0 Å². The molecular formula is C16H18N2O2S. The molecule has 2 aliphatic heterocycles. The van der Waals surface area contributed by atoms with Gasteiger partial charge in [0.1, 0.15) is 6.04 Å². The van der Waals surface area contributed by atoms with Crippen LogP contribution in [0.2, 0.25) is 0 Å². The lowest BCUT2D eigenvalue weighted by Gasteiger charge is -2.33. The van der Waals surface area contributed by atoms with Crippen molar-refractivity contribution in [2.75, 3.05) is 19.7 Å². The van der Waals surface area contributed by atoms with E-state index in [4.69, 9.17) is 9.72 Å². The quantitative estimate of drug-likeness (QED) is 0.800. The minimum atomic E-state index is -0.0339. The molecule has 2 fully saturated rings. The summed E-state index contributed by atoms with van der Waals surface area (Å²) >= 11 is 1.82. The molecule has 1 aromatic carbocycles. The van der Waals surface area contributed by atoms with Crippen LogP contribution in [0.3, 0.4) is 0 Å². The Labute approximate surface area is 127 Å². The van der Waals surface area contributed by atoms with Crippen molar-refractivity contribution in [3.63, 3.8) is 0 Å². The SMILES string of the molecule is O=C1OCC[C@H]1N1CCC(c2nc3ccccc3s2)CC1. The van der Waals surface area contributed by atoms with Crippen LogP contribution in [0.4, 0.5) is 0 Å². The van der Waals surface area contributed by atoms with Gasteiger partial charge in [-0.2, -0.15) is 0 Å². The fraction of sp³-hybridized carbons (Fsp3) is 0.500. The van der Waals surface area contributed by atoms with Crippen molar-refractivity contribution in [2.24, 2.45) is 0 Å². The van der Waals surface area contributed by atoms with Crippen molar-refractivity contribution in [1.82, 2.24) is 9.88 Å². The molecule has 2 aliphatic rings. The number of hydrogen-bond acceptors (Lipinski definition) is 5. The fourth-order valence-corrected chi connectivity index (χ4v) is 4.48. The zero-order valence-corrected chi connectivity index (χ0v) is 12.6. The standard InChI is InChI=1S/C16H18N2O2S/c19-16-13(7-10-20-16)18-8-5-11(6-9-18)15-17-12-3-1-2-4-14(12)21-15/h1-4,11,13H,5-10H2/t13-/m1/s1. The minimum absolute atomic E-state index is 0.00122. The van der Waals surface area contributed by atoms with Crippen LogP contribution in [0.15, 0.2) is 24.3 Å². The van der Waals surface area contributed by atoms with Crippen LogP contribution in [-0.4, -0.2) is 41.6 Å². The molecule has 0 amide bonds. The number of benzene rings is 1. The first-order valence-electron chi connectivity index (χ1n) is 7.57. The monoisotopic (exact) mass is 302 g/mol. The number of likely N-dealkylation sites (tertiary alicyclic amines) is 1. The maximum absolute atomic E-state index is 11.7. The van der Waals surface area contributed by atoms with E-state index in [1.165, 1.54) is 9.71 Å². The van der Waals surface area contributed by atoms with E-state index in [2.05, 4.69) is 23.1 Å². The van der Waals surface area contributed by atoms with E-state index >= 15 is 0 Å². The van der Waals surface area contributed by atoms with Crippen molar-refractivity contribution >= 4 is 27.5 Å². The Morgan fingerprint density at radius 1 is 1.19 bits per heavy atom. The van der Waals surface area contributed by atoms with Crippen molar-refractivity contribution in [3.8, 4) is 0 Å². The second-order valence-electron chi connectivity index (χ2n) is 5.80. The molecule has 0 unspecified atom stereocenters. The average molecular weight is 302 g/mol. The number of cyclic esters (lactones) is 1. The predicted octanol–water partition coefficient (Wildman–Crippen LogP) is 2.79. The van der Waals surface area contributed by atoms with Crippen LogP contribution in [-0.2, 0) is 9.53 Å². The normalized spacial score (nSPS) is 24.6. The Bertz CT molecular complexity index is 628. The number of hydrogen-bond donors (Lipinski definition) is 0. The first-order valence-corrected chi connectivity index (χ1v) is 8.39. The summed E-state index contributed by atoms with van der Waals surface area (Å²) in [5.74, 6) is 0.504. The number of rotatable bonds is 2. The van der Waals surface area contributed by atoms with Gasteiger partial charge < -0.3 is 4.74 Å². The minimum Gasteiger partial charge on any atom is -0.464 e. The van der Waals surface area contributed by atoms with E-state index in [1.54, 1.807) is 0 Å². The lowest BCUT2D eigenvalue weighted by atomic mass is 9.96. The molecule has 2 aromatic rings. The predicted molar refractivity (Wildman–Crippen MR) is 82.5 cm³/mol. The van der Waals surface area contributed by atoms with Crippen LogP contribution in [0, 0.1) is 0 Å². The van der Waals surface area contributed by atoms with Crippen molar-refractivity contribution < 1.29 is 9.53 Å². The number of aromatic nitrogens is 1. The van der Waals surface area contributed by atoms with Gasteiger partial charge in [-0.05, 0) is 38.1 Å². The Morgan fingerprint density at radius 3 is 2.71 bits per heavy atom. The van der Waals surface area contributed by atoms with Gasteiger partial charge in [0.05, 0.1) is 21.8 Å². The number of nitrogens with zero attached hydrogens (tertiary/aromatic N) is 2. The van der Waals surface area contributed by atoms with Crippen LogP contribution >= 0.6 is 11.3 Å². The van der Waals surface area contributed by atoms with Crippen LogP contribution < -0.4 is 0 Å². The highest BCUT2D eigenvalue weighted by Gasteiger charge is 2.35. The summed E-state index contributed by atoms with van der Waals surface area (Å²) in [5.41, 5.74) is 1.11. The molecule has 1 aromatic heterocycles. The van der Waals surface area contributed by atoms with E-state index in [-0.39, 0.29) is 12.0 Å². The average Bonchev–Trinajstić information content (AvgIpc) is 3.13. The Balaban J connectivity index is 1.46. The van der Waals surface area contributed by atoms with Gasteiger partial charge in [-0.1, -0.05) is 12.1 Å². The summed E-state index contributed by atoms with van der Waals surface area (Å²) < 4.78 is 6.35. The third kappa shape index (κ3) is 2.45. The number of ether oxygens (including phenoxy) is 1. The van der Waals surface area contributed by atoms with Gasteiger partial charge in [0.2, 0.25) is 0 Å². The van der Waals surface area contributed by atoms with Crippen LogP contribution in [0.5, 0.6) is 0 Å². The third-order valence-corrected chi connectivity index (χ3v) is 5.74. The Hall–Kier alpha value is -1.46. The van der Waals surface area contributed by atoms with E-state index in [0.29, 0.717) is 12.5 Å². The second-order valence-corrected chi connectivity index (χ2v) is 6.86. The molecule has 2 saturated heterocycles. The number of esters is 1. The molecule has 5 heteroatoms. The molecule has 110 valence electrons. The lowest BCUT2D eigenvalue weighted by molar-refractivity contribution is -0.142. The Morgan fingerprint density at radius 2 is 2.00 bits per heavy atom. The second kappa shape index (κ2) is 5.39. The number of thiazole rings is 1. The molecule has 1 atom stereocenters. The summed E-state index contributed by atoms with van der Waals surface area (Å²) in [5, 5.41) is 1.25. The highest BCUT2D eigenvalue weighted by Crippen LogP contribution is 2.34. The highest BCUT2D eigenvalue weighted by molar-refractivity contribution is 7.18. The smallest absolute Gasteiger partial charge is 0.323 e. The Kier molecular flexibility index (Phi) is 3.39. The topological polar surface area (TPSA) is 42.4 Å². The zero-order valence-electron chi connectivity index (χ0n) is 11.8. The van der Waals surface area contributed by atoms with Crippen molar-refractivity contribution in [2.45, 2.75) is 31.2 Å². The van der Waals surface area contributed by atoms with E-state index in [1.807, 2.05) is 17.4 Å². The van der Waals surface area contributed by atoms with Crippen LogP contribution in [0.1, 0.15) is 30.2 Å². The summed E-state index contributed by atoms with van der Waals surface area (Å²) in [4.78, 5) is 18.7. The molecule has 0 spiro atoms. The van der Waals surface area contributed by atoms with Gasteiger partial charge >= 0.3 is 5.97 Å². The molecule has 0 radical (unpaired) electrons. The van der Waals surface area contributed by atoms with E-state index in [9.17, 15) is 4.79 Å². The zero-order chi connectivity index (χ0) is 14.2. The summed E-state index contributed by atoms with van der Waals surface area (Å²) in [7, 11) is 0. The van der Waals surface area contributed by atoms with Gasteiger partial charge in [-0.25, -0.2) is 4.98 Å². The highest BCUT2D eigenvalue weighted by atomic mass is 32.1. The first kappa shape index (κ1) is 13.2. The van der Waals surface area contributed by atoms with Gasteiger partial charge in [-0.15, -0.1) is 11.3 Å². The number of para-hydroxylation sites is 1. The van der Waals surface area contributed by atoms with Crippen molar-refractivity contribution in [3.05, 3.63) is 29.3 Å². The fourth-order valence-electron chi connectivity index (χ4n) is 3.34. The van der Waals surface area contributed by atoms with Crippen LogP contribution in [0.25, 0.3) is 10.2 Å². The summed E-state index contributed by atoms with van der Waals surface area (Å²) in [6, 6.07) is 8.33. The van der Waals surface area contributed by atoms with E-state index < -0.39 is 0 Å². The summed E-state index contributed by atoms with van der Waals surface area (Å²) in [6.07, 6.45) is 3.03. The first-order chi connectivity index (χ1) is 10.3. The molecule has 21 heavy (non-hydrogen) atoms. The molecule has 0 aliphatic carbocycles. The number of piperidine rings is 1. The van der Waals surface area contributed by atoms with Gasteiger partial charge in [-0.3, -0.25) is 9.69 Å². The molecule has 4 nitrogen and oxygen atoms in total. The molecule has 4 rings (SSSR count). The molecule has 0 N–H and O–H groups in total. The van der Waals surface area contributed by atoms with Crippen molar-refractivity contribution in [1.29, 1.82) is 0 Å². The summed E-state index contributed by atoms with van der Waals surface area (Å²) in [6.45, 7) is 2.53. The maximum Gasteiger partial charge on any atom is 0.323 e. The molecule has 3 heterocycles. The number of carbonyl (C=O) groups is 1. The molecule has 0 saturated carbocycles. The molecule has 0 bridgehead atoms. The lowest BCUT2D eigenvalue weighted by Crippen LogP contribution is -2.43. The maximum atomic E-state index is 11.7. The molecular weight excluding hydrogens is 284 g/mol.